The summed E-state index contributed by atoms with van der Waals surface area (Å²) in [5.41, 5.74) is 1.89. The van der Waals surface area contributed by atoms with Gasteiger partial charge < -0.3 is 14.6 Å². The van der Waals surface area contributed by atoms with Gasteiger partial charge in [-0.15, -0.1) is 17.8 Å². The van der Waals surface area contributed by atoms with Gasteiger partial charge in [-0.25, -0.2) is 13.2 Å². The number of terminal acetylenes is 1. The number of nitrogens with zero attached hydrogens (tertiary/aromatic N) is 2. The number of fused-ring (bicyclic) bond motifs is 2. The predicted octanol–water partition coefficient (Wildman–Crippen LogP) is 3.70. The maximum Gasteiger partial charge on any atom is 0.341 e. The number of carbonyl (C=O) groups is 3. The SMILES string of the molecule is C#CCn1c(=NC(=O)CS(=O)(=O)CC(=O)Nc2sc3c(c2C(=O)OC)CCCCC3)sc2cc(Br)ccc21. The fraction of sp³-hybridized carbons (Fsp3) is 0.360. The molecule has 2 aromatic heterocycles. The fourth-order valence-electron chi connectivity index (χ4n) is 4.27. The average molecular weight is 639 g/mol. The second-order valence-electron chi connectivity index (χ2n) is 8.63. The standard InChI is InChI=1S/C25H24BrN3O6S3/c1-3-11-29-17-10-9-15(26)12-19(17)37-25(29)28-21(31)14-38(33,34)13-20(30)27-23-22(24(32)35-2)16-7-5-4-6-8-18(16)36-23/h1,9-10,12H,4-8,11,13-14H2,2H3,(H,27,30). The van der Waals surface area contributed by atoms with Crippen molar-refractivity contribution < 1.29 is 27.5 Å². The van der Waals surface area contributed by atoms with E-state index in [4.69, 9.17) is 11.2 Å². The van der Waals surface area contributed by atoms with Gasteiger partial charge in [-0.1, -0.05) is 39.6 Å². The summed E-state index contributed by atoms with van der Waals surface area (Å²) in [6.45, 7) is 0.149. The molecule has 2 amide bonds. The lowest BCUT2D eigenvalue weighted by Crippen LogP contribution is -2.28. The monoisotopic (exact) mass is 637 g/mol. The third kappa shape index (κ3) is 6.43. The minimum atomic E-state index is -4.15. The Hall–Kier alpha value is -2.79. The van der Waals surface area contributed by atoms with Crippen LogP contribution in [-0.2, 0) is 43.5 Å². The normalized spacial score (nSPS) is 14.0. The van der Waals surface area contributed by atoms with E-state index >= 15 is 0 Å². The van der Waals surface area contributed by atoms with E-state index in [9.17, 15) is 22.8 Å². The Balaban J connectivity index is 1.51. The number of thiazole rings is 1. The van der Waals surface area contributed by atoms with Crippen molar-refractivity contribution in [2.45, 2.75) is 38.6 Å². The Bertz CT molecular complexity index is 1640. The van der Waals surface area contributed by atoms with Gasteiger partial charge in [0, 0.05) is 9.35 Å². The number of benzene rings is 1. The van der Waals surface area contributed by atoms with Crippen LogP contribution in [0.25, 0.3) is 10.2 Å². The molecule has 3 aromatic rings. The number of amides is 2. The van der Waals surface area contributed by atoms with Crippen LogP contribution in [0.3, 0.4) is 0 Å². The molecule has 1 aromatic carbocycles. The van der Waals surface area contributed by atoms with Crippen molar-refractivity contribution in [3.8, 4) is 12.3 Å². The number of hydrogen-bond donors (Lipinski definition) is 1. The Morgan fingerprint density at radius 1 is 1.18 bits per heavy atom. The number of thiophene rings is 1. The zero-order valence-corrected chi connectivity index (χ0v) is 24.4. The van der Waals surface area contributed by atoms with Crippen molar-refractivity contribution in [1.82, 2.24) is 4.57 Å². The molecule has 1 aliphatic carbocycles. The average Bonchev–Trinajstić information content (AvgIpc) is 3.24. The summed E-state index contributed by atoms with van der Waals surface area (Å²) < 4.78 is 33.6. The van der Waals surface area contributed by atoms with E-state index in [0.29, 0.717) is 6.42 Å². The van der Waals surface area contributed by atoms with Crippen LogP contribution in [0.1, 0.15) is 40.1 Å². The van der Waals surface area contributed by atoms with Crippen LogP contribution in [0.2, 0.25) is 0 Å². The number of sulfone groups is 1. The molecule has 13 heteroatoms. The Kier molecular flexibility index (Phi) is 8.87. The van der Waals surface area contributed by atoms with Crippen LogP contribution in [0.5, 0.6) is 0 Å². The highest BCUT2D eigenvalue weighted by atomic mass is 79.9. The van der Waals surface area contributed by atoms with Gasteiger partial charge in [-0.2, -0.15) is 4.99 Å². The van der Waals surface area contributed by atoms with E-state index in [2.05, 4.69) is 32.2 Å². The summed E-state index contributed by atoms with van der Waals surface area (Å²) in [6.07, 6.45) is 9.87. The molecule has 0 atom stereocenters. The predicted molar refractivity (Wildman–Crippen MR) is 151 cm³/mol. The number of anilines is 1. The molecule has 1 aliphatic rings. The number of aromatic nitrogens is 1. The maximum absolute atomic E-state index is 12.7. The molecule has 4 rings (SSSR count). The number of methoxy groups -OCH3 is 1. The summed E-state index contributed by atoms with van der Waals surface area (Å²) in [6, 6.07) is 5.50. The molecule has 0 unspecified atom stereocenters. The van der Waals surface area contributed by atoms with Crippen molar-refractivity contribution in [2.24, 2.45) is 4.99 Å². The van der Waals surface area contributed by atoms with Crippen molar-refractivity contribution in [1.29, 1.82) is 0 Å². The molecule has 0 saturated heterocycles. The quantitative estimate of drug-likeness (QED) is 0.239. The first-order chi connectivity index (χ1) is 18.1. The van der Waals surface area contributed by atoms with Gasteiger partial charge in [0.1, 0.15) is 16.5 Å². The molecule has 2 heterocycles. The number of ether oxygens (including phenoxy) is 1. The summed E-state index contributed by atoms with van der Waals surface area (Å²) in [7, 11) is -2.89. The second kappa shape index (κ2) is 11.9. The lowest BCUT2D eigenvalue weighted by atomic mass is 10.1. The number of nitrogens with one attached hydrogen (secondary N) is 1. The van der Waals surface area contributed by atoms with Crippen molar-refractivity contribution in [2.75, 3.05) is 23.9 Å². The Morgan fingerprint density at radius 2 is 1.95 bits per heavy atom. The third-order valence-corrected chi connectivity index (χ3v) is 10.0. The molecule has 0 spiro atoms. The molecule has 0 aliphatic heterocycles. The van der Waals surface area contributed by atoms with Crippen molar-refractivity contribution in [3.63, 3.8) is 0 Å². The molecular weight excluding hydrogens is 614 g/mol. The highest BCUT2D eigenvalue weighted by molar-refractivity contribution is 9.10. The molecule has 0 bridgehead atoms. The van der Waals surface area contributed by atoms with Crippen molar-refractivity contribution >= 4 is 81.4 Å². The van der Waals surface area contributed by atoms with E-state index in [1.807, 2.05) is 18.2 Å². The third-order valence-electron chi connectivity index (χ3n) is 5.87. The van der Waals surface area contributed by atoms with Gasteiger partial charge >= 0.3 is 5.97 Å². The van der Waals surface area contributed by atoms with Gasteiger partial charge in [0.2, 0.25) is 5.91 Å². The van der Waals surface area contributed by atoms with Crippen LogP contribution >= 0.6 is 38.6 Å². The summed E-state index contributed by atoms with van der Waals surface area (Å²) in [4.78, 5) is 43.0. The van der Waals surface area contributed by atoms with E-state index in [0.717, 1.165) is 50.8 Å². The number of carbonyl (C=O) groups excluding carboxylic acids is 3. The van der Waals surface area contributed by atoms with E-state index < -0.39 is 39.1 Å². The molecule has 38 heavy (non-hydrogen) atoms. The van der Waals surface area contributed by atoms with E-state index in [-0.39, 0.29) is 21.9 Å². The van der Waals surface area contributed by atoms with Crippen molar-refractivity contribution in [3.05, 3.63) is 43.5 Å². The molecular formula is C25H24BrN3O6S3. The van der Waals surface area contributed by atoms with Crippen LogP contribution < -0.4 is 10.1 Å². The minimum absolute atomic E-state index is 0.149. The van der Waals surface area contributed by atoms with Gasteiger partial charge in [0.25, 0.3) is 5.91 Å². The van der Waals surface area contributed by atoms with Crippen LogP contribution in [-0.4, -0.2) is 49.4 Å². The second-order valence-corrected chi connectivity index (χ2v) is 13.7. The Morgan fingerprint density at radius 3 is 2.68 bits per heavy atom. The summed E-state index contributed by atoms with van der Waals surface area (Å²) >= 11 is 5.86. The van der Waals surface area contributed by atoms with Gasteiger partial charge in [0.15, 0.2) is 14.6 Å². The molecule has 200 valence electrons. The highest BCUT2D eigenvalue weighted by Gasteiger charge is 2.28. The van der Waals surface area contributed by atoms with E-state index in [1.54, 1.807) is 4.57 Å². The molecule has 0 radical (unpaired) electrons. The first kappa shape index (κ1) is 28.2. The van der Waals surface area contributed by atoms with Crippen LogP contribution in [0, 0.1) is 12.3 Å². The zero-order valence-electron chi connectivity index (χ0n) is 20.4. The number of aryl methyl sites for hydroxylation is 1. The number of esters is 1. The first-order valence-corrected chi connectivity index (χ1v) is 15.9. The smallest absolute Gasteiger partial charge is 0.341 e. The van der Waals surface area contributed by atoms with Gasteiger partial charge in [-0.3, -0.25) is 9.59 Å². The van der Waals surface area contributed by atoms with Gasteiger partial charge in [0.05, 0.1) is 29.4 Å². The lowest BCUT2D eigenvalue weighted by Gasteiger charge is -2.07. The van der Waals surface area contributed by atoms with E-state index in [1.165, 1.54) is 29.8 Å². The lowest BCUT2D eigenvalue weighted by molar-refractivity contribution is -0.115. The first-order valence-electron chi connectivity index (χ1n) is 11.6. The number of rotatable bonds is 7. The highest BCUT2D eigenvalue weighted by Crippen LogP contribution is 2.38. The summed E-state index contributed by atoms with van der Waals surface area (Å²) in [5, 5.41) is 2.83. The van der Waals surface area contributed by atoms with Crippen LogP contribution in [0.15, 0.2) is 27.7 Å². The maximum atomic E-state index is 12.7. The molecule has 1 N–H and O–H groups in total. The topological polar surface area (TPSA) is 124 Å². The summed E-state index contributed by atoms with van der Waals surface area (Å²) in [5.74, 6) is -1.69. The zero-order chi connectivity index (χ0) is 27.4. The molecule has 0 saturated carbocycles. The van der Waals surface area contributed by atoms with Gasteiger partial charge in [-0.05, 0) is 49.4 Å². The van der Waals surface area contributed by atoms with Crippen LogP contribution in [0.4, 0.5) is 5.00 Å². The number of halogens is 1. The minimum Gasteiger partial charge on any atom is -0.465 e. The fourth-order valence-corrected chi connectivity index (χ4v) is 8.17. The Labute approximate surface area is 236 Å². The number of hydrogen-bond acceptors (Lipinski definition) is 8. The largest absolute Gasteiger partial charge is 0.465 e. The molecule has 0 fully saturated rings. The molecule has 9 nitrogen and oxygen atoms in total.